The van der Waals surface area contributed by atoms with Gasteiger partial charge in [0.15, 0.2) is 0 Å². The molecular formula is C12H22N2O3S. The van der Waals surface area contributed by atoms with Crippen LogP contribution in [0.4, 0.5) is 4.79 Å². The second kappa shape index (κ2) is 8.24. The van der Waals surface area contributed by atoms with Gasteiger partial charge in [0, 0.05) is 13.1 Å². The molecule has 104 valence electrons. The third-order valence-corrected chi connectivity index (χ3v) is 3.80. The van der Waals surface area contributed by atoms with Crippen molar-refractivity contribution in [2.24, 2.45) is 0 Å². The summed E-state index contributed by atoms with van der Waals surface area (Å²) in [6, 6.07) is -0.879. The number of thioether (sulfide) groups is 1. The first kappa shape index (κ1) is 15.1. The molecule has 1 rings (SSSR count). The number of unbranched alkanes of at least 4 members (excludes halogenated alkanes) is 1. The molecule has 2 amide bonds. The Kier molecular flexibility index (Phi) is 6.93. The fourth-order valence-electron chi connectivity index (χ4n) is 2.10. The SMILES string of the molecule is CSCCCCNC(=O)N1CCCCC1C(=O)O. The van der Waals surface area contributed by atoms with E-state index in [1.807, 2.05) is 0 Å². The summed E-state index contributed by atoms with van der Waals surface area (Å²) in [5.74, 6) is 0.198. The van der Waals surface area contributed by atoms with Crippen LogP contribution in [0.5, 0.6) is 0 Å². The number of amides is 2. The molecule has 1 fully saturated rings. The first-order valence-corrected chi connectivity index (χ1v) is 7.82. The van der Waals surface area contributed by atoms with Gasteiger partial charge in [-0.05, 0) is 44.1 Å². The number of carbonyl (C=O) groups excluding carboxylic acids is 1. The Bertz CT molecular complexity index is 286. The quantitative estimate of drug-likeness (QED) is 0.724. The van der Waals surface area contributed by atoms with Gasteiger partial charge in [0.2, 0.25) is 0 Å². The standard InChI is InChI=1S/C12H22N2O3S/c1-18-9-5-3-7-13-12(17)14-8-4-2-6-10(14)11(15)16/h10H,2-9H2,1H3,(H,13,17)(H,15,16). The van der Waals surface area contributed by atoms with Gasteiger partial charge in [-0.25, -0.2) is 9.59 Å². The Balaban J connectivity index is 2.32. The van der Waals surface area contributed by atoms with Gasteiger partial charge >= 0.3 is 12.0 Å². The number of piperidine rings is 1. The highest BCUT2D eigenvalue weighted by molar-refractivity contribution is 7.98. The van der Waals surface area contributed by atoms with Crippen LogP contribution >= 0.6 is 11.8 Å². The van der Waals surface area contributed by atoms with Crippen LogP contribution in [0.15, 0.2) is 0 Å². The van der Waals surface area contributed by atoms with Crippen LogP contribution in [-0.4, -0.2) is 53.1 Å². The molecular weight excluding hydrogens is 252 g/mol. The number of nitrogens with zero attached hydrogens (tertiary/aromatic N) is 1. The minimum atomic E-state index is -0.896. The van der Waals surface area contributed by atoms with Crippen molar-refractivity contribution >= 4 is 23.8 Å². The van der Waals surface area contributed by atoms with Gasteiger partial charge in [-0.1, -0.05) is 0 Å². The van der Waals surface area contributed by atoms with E-state index >= 15 is 0 Å². The van der Waals surface area contributed by atoms with E-state index in [0.717, 1.165) is 31.4 Å². The number of carboxylic acids is 1. The van der Waals surface area contributed by atoms with Gasteiger partial charge in [0.05, 0.1) is 0 Å². The molecule has 6 heteroatoms. The predicted molar refractivity (Wildman–Crippen MR) is 73.0 cm³/mol. The number of hydrogen-bond donors (Lipinski definition) is 2. The lowest BCUT2D eigenvalue weighted by molar-refractivity contribution is -0.143. The summed E-state index contributed by atoms with van der Waals surface area (Å²) in [6.45, 7) is 1.18. The van der Waals surface area contributed by atoms with Crippen LogP contribution in [0.3, 0.4) is 0 Å². The van der Waals surface area contributed by atoms with E-state index in [1.165, 1.54) is 4.90 Å². The maximum atomic E-state index is 11.9. The maximum Gasteiger partial charge on any atom is 0.326 e. The molecule has 1 heterocycles. The highest BCUT2D eigenvalue weighted by atomic mass is 32.2. The molecule has 1 aliphatic rings. The largest absolute Gasteiger partial charge is 0.480 e. The zero-order valence-electron chi connectivity index (χ0n) is 10.9. The lowest BCUT2D eigenvalue weighted by Crippen LogP contribution is -2.52. The normalized spacial score (nSPS) is 19.6. The molecule has 0 spiro atoms. The molecule has 0 saturated carbocycles. The Morgan fingerprint density at radius 2 is 2.17 bits per heavy atom. The monoisotopic (exact) mass is 274 g/mol. The second-order valence-electron chi connectivity index (χ2n) is 4.48. The molecule has 0 aromatic rings. The minimum absolute atomic E-state index is 0.230. The van der Waals surface area contributed by atoms with Crippen LogP contribution in [0.1, 0.15) is 32.1 Å². The molecule has 1 aliphatic heterocycles. The molecule has 18 heavy (non-hydrogen) atoms. The summed E-state index contributed by atoms with van der Waals surface area (Å²) in [7, 11) is 0. The Labute approximate surface area is 112 Å². The maximum absolute atomic E-state index is 11.9. The van der Waals surface area contributed by atoms with Crippen molar-refractivity contribution in [1.29, 1.82) is 0 Å². The van der Waals surface area contributed by atoms with Crippen molar-refractivity contribution in [1.82, 2.24) is 10.2 Å². The number of aliphatic carboxylic acids is 1. The average molecular weight is 274 g/mol. The van der Waals surface area contributed by atoms with Gasteiger partial charge in [-0.3, -0.25) is 0 Å². The van der Waals surface area contributed by atoms with Crippen LogP contribution in [0.2, 0.25) is 0 Å². The Hall–Kier alpha value is -0.910. The summed E-state index contributed by atoms with van der Waals surface area (Å²) in [5, 5.41) is 11.9. The summed E-state index contributed by atoms with van der Waals surface area (Å²) < 4.78 is 0. The summed E-state index contributed by atoms with van der Waals surface area (Å²) in [4.78, 5) is 24.4. The van der Waals surface area contributed by atoms with Crippen LogP contribution < -0.4 is 5.32 Å². The van der Waals surface area contributed by atoms with Crippen molar-refractivity contribution in [2.75, 3.05) is 25.1 Å². The molecule has 0 aromatic carbocycles. The number of urea groups is 1. The van der Waals surface area contributed by atoms with E-state index in [-0.39, 0.29) is 6.03 Å². The molecule has 2 N–H and O–H groups in total. The highest BCUT2D eigenvalue weighted by Crippen LogP contribution is 2.17. The fraction of sp³-hybridized carbons (Fsp3) is 0.833. The number of carboxylic acid groups (broad SMARTS) is 1. The van der Waals surface area contributed by atoms with E-state index in [2.05, 4.69) is 11.6 Å². The molecule has 0 aromatic heterocycles. The molecule has 0 radical (unpaired) electrons. The molecule has 5 nitrogen and oxygen atoms in total. The van der Waals surface area contributed by atoms with Gasteiger partial charge in [0.25, 0.3) is 0 Å². The van der Waals surface area contributed by atoms with Crippen molar-refractivity contribution in [3.05, 3.63) is 0 Å². The third-order valence-electron chi connectivity index (χ3n) is 3.10. The fourth-order valence-corrected chi connectivity index (χ4v) is 2.59. The van der Waals surface area contributed by atoms with Gasteiger partial charge in [0.1, 0.15) is 6.04 Å². The van der Waals surface area contributed by atoms with E-state index in [1.54, 1.807) is 11.8 Å². The first-order valence-electron chi connectivity index (χ1n) is 6.43. The summed E-state index contributed by atoms with van der Waals surface area (Å²) in [5.41, 5.74) is 0. The Morgan fingerprint density at radius 1 is 1.39 bits per heavy atom. The van der Waals surface area contributed by atoms with Crippen LogP contribution in [0.25, 0.3) is 0 Å². The van der Waals surface area contributed by atoms with Crippen molar-refractivity contribution in [3.63, 3.8) is 0 Å². The van der Waals surface area contributed by atoms with Crippen molar-refractivity contribution in [3.8, 4) is 0 Å². The van der Waals surface area contributed by atoms with Gasteiger partial charge in [-0.15, -0.1) is 0 Å². The smallest absolute Gasteiger partial charge is 0.326 e. The zero-order chi connectivity index (χ0) is 13.4. The van der Waals surface area contributed by atoms with E-state index in [4.69, 9.17) is 5.11 Å². The minimum Gasteiger partial charge on any atom is -0.480 e. The second-order valence-corrected chi connectivity index (χ2v) is 5.46. The highest BCUT2D eigenvalue weighted by Gasteiger charge is 2.31. The number of nitrogens with one attached hydrogen (secondary N) is 1. The number of rotatable bonds is 6. The van der Waals surface area contributed by atoms with Crippen LogP contribution in [-0.2, 0) is 4.79 Å². The number of carbonyl (C=O) groups is 2. The van der Waals surface area contributed by atoms with E-state index in [0.29, 0.717) is 19.5 Å². The summed E-state index contributed by atoms with van der Waals surface area (Å²) >= 11 is 1.79. The van der Waals surface area contributed by atoms with Crippen LogP contribution in [0, 0.1) is 0 Å². The summed E-state index contributed by atoms with van der Waals surface area (Å²) in [6.07, 6.45) is 6.42. The molecule has 0 aliphatic carbocycles. The predicted octanol–water partition coefficient (Wildman–Crippen LogP) is 1.78. The number of likely N-dealkylation sites (tertiary alicyclic amines) is 1. The first-order chi connectivity index (χ1) is 8.66. The van der Waals surface area contributed by atoms with E-state index in [9.17, 15) is 9.59 Å². The third kappa shape index (κ3) is 4.76. The molecule has 1 atom stereocenters. The van der Waals surface area contributed by atoms with Crippen molar-refractivity contribution in [2.45, 2.75) is 38.1 Å². The van der Waals surface area contributed by atoms with Gasteiger partial charge in [-0.2, -0.15) is 11.8 Å². The Morgan fingerprint density at radius 3 is 2.83 bits per heavy atom. The molecule has 1 unspecified atom stereocenters. The molecule has 1 saturated heterocycles. The van der Waals surface area contributed by atoms with E-state index < -0.39 is 12.0 Å². The van der Waals surface area contributed by atoms with Gasteiger partial charge < -0.3 is 15.3 Å². The lowest BCUT2D eigenvalue weighted by atomic mass is 10.0. The molecule has 0 bridgehead atoms. The lowest BCUT2D eigenvalue weighted by Gasteiger charge is -2.32. The number of hydrogen-bond acceptors (Lipinski definition) is 3. The van der Waals surface area contributed by atoms with Crippen molar-refractivity contribution < 1.29 is 14.7 Å². The zero-order valence-corrected chi connectivity index (χ0v) is 11.7. The topological polar surface area (TPSA) is 69.6 Å². The average Bonchev–Trinajstić information content (AvgIpc) is 2.38.